The van der Waals surface area contributed by atoms with Gasteiger partial charge in [0.1, 0.15) is 11.2 Å². The van der Waals surface area contributed by atoms with Crippen LogP contribution in [-0.2, 0) is 37.6 Å². The number of hydrogen-bond donors (Lipinski definition) is 3. The molecule has 1 amide bonds. The molecule has 0 bridgehead atoms. The van der Waals surface area contributed by atoms with E-state index in [2.05, 4.69) is 20.4 Å². The summed E-state index contributed by atoms with van der Waals surface area (Å²) in [5, 5.41) is 18.6. The Kier molecular flexibility index (Phi) is 8.64. The van der Waals surface area contributed by atoms with Gasteiger partial charge in [-0.2, -0.15) is 18.3 Å². The molecule has 9 nitrogen and oxygen atoms in total. The molecule has 0 radical (unpaired) electrons. The molecule has 7 rings (SSSR count). The maximum Gasteiger partial charge on any atom is 0.490 e. The van der Waals surface area contributed by atoms with Gasteiger partial charge in [0.05, 0.1) is 37.1 Å². The number of carbonyl (C=O) groups is 2. The summed E-state index contributed by atoms with van der Waals surface area (Å²) in [7, 11) is 0. The van der Waals surface area contributed by atoms with Crippen molar-refractivity contribution in [2.75, 3.05) is 31.6 Å². The Bertz CT molecular complexity index is 1800. The van der Waals surface area contributed by atoms with Crippen LogP contribution in [0.25, 0.3) is 23.1 Å². The van der Waals surface area contributed by atoms with Crippen LogP contribution in [0.3, 0.4) is 0 Å². The minimum absolute atomic E-state index is 0.0285. The van der Waals surface area contributed by atoms with Crippen molar-refractivity contribution in [2.45, 2.75) is 37.3 Å². The Morgan fingerprint density at radius 2 is 1.87 bits per heavy atom. The molecule has 2 atom stereocenters. The lowest BCUT2D eigenvalue weighted by Gasteiger charge is -2.26. The van der Waals surface area contributed by atoms with Gasteiger partial charge in [0, 0.05) is 36.3 Å². The Balaban J connectivity index is 0.000000480. The Hall–Kier alpha value is -4.59. The number of fused-ring (bicyclic) bond motifs is 3. The van der Waals surface area contributed by atoms with E-state index >= 15 is 0 Å². The number of amides is 1. The minimum atomic E-state index is -5.08. The second-order valence-electron chi connectivity index (χ2n) is 11.3. The second kappa shape index (κ2) is 12.7. The Morgan fingerprint density at radius 1 is 1.11 bits per heavy atom. The van der Waals surface area contributed by atoms with Gasteiger partial charge in [-0.15, -0.1) is 0 Å². The number of nitrogens with zero attached hydrogens (tertiary/aromatic N) is 2. The van der Waals surface area contributed by atoms with Gasteiger partial charge in [-0.25, -0.2) is 9.18 Å². The van der Waals surface area contributed by atoms with Crippen LogP contribution in [0.2, 0.25) is 0 Å². The van der Waals surface area contributed by atoms with Gasteiger partial charge in [0.25, 0.3) is 0 Å². The molecule has 1 saturated carbocycles. The number of H-pyrrole nitrogens is 1. The molecule has 240 valence electrons. The number of para-hydroxylation sites is 1. The van der Waals surface area contributed by atoms with Gasteiger partial charge in [-0.3, -0.25) is 14.8 Å². The van der Waals surface area contributed by atoms with E-state index in [9.17, 15) is 22.4 Å². The second-order valence-corrected chi connectivity index (χ2v) is 11.3. The maximum absolute atomic E-state index is 14.7. The van der Waals surface area contributed by atoms with Gasteiger partial charge >= 0.3 is 12.1 Å². The summed E-state index contributed by atoms with van der Waals surface area (Å²) in [6.07, 6.45) is -0.732. The van der Waals surface area contributed by atoms with E-state index in [0.717, 1.165) is 52.1 Å². The summed E-state index contributed by atoms with van der Waals surface area (Å²) in [6, 6.07) is 19.3. The Morgan fingerprint density at radius 3 is 2.61 bits per heavy atom. The molecule has 2 fully saturated rings. The highest BCUT2D eigenvalue weighted by Gasteiger charge is 2.65. The molecule has 1 aromatic heterocycles. The van der Waals surface area contributed by atoms with Crippen molar-refractivity contribution in [3.05, 3.63) is 94.4 Å². The third kappa shape index (κ3) is 6.52. The fourth-order valence-corrected chi connectivity index (χ4v) is 5.77. The lowest BCUT2D eigenvalue weighted by Crippen LogP contribution is -2.35. The van der Waals surface area contributed by atoms with Gasteiger partial charge in [0.2, 0.25) is 5.91 Å². The average Bonchev–Trinajstić information content (AvgIpc) is 3.52. The fraction of sp³-hybridized carbons (Fsp3) is 0.303. The van der Waals surface area contributed by atoms with Gasteiger partial charge in [-0.05, 0) is 47.4 Å². The van der Waals surface area contributed by atoms with Crippen LogP contribution in [0.4, 0.5) is 23.2 Å². The number of rotatable bonds is 7. The molecule has 4 aromatic rings. The summed E-state index contributed by atoms with van der Waals surface area (Å²) in [4.78, 5) is 23.8. The van der Waals surface area contributed by atoms with E-state index in [1.807, 2.05) is 66.7 Å². The van der Waals surface area contributed by atoms with E-state index in [1.54, 1.807) is 6.07 Å². The van der Waals surface area contributed by atoms with Crippen molar-refractivity contribution >= 4 is 40.6 Å². The summed E-state index contributed by atoms with van der Waals surface area (Å²) in [5.41, 5.74) is 5.56. The molecule has 1 aliphatic carbocycles. The molecule has 1 saturated heterocycles. The first-order valence-electron chi connectivity index (χ1n) is 14.6. The molecule has 46 heavy (non-hydrogen) atoms. The quantitative estimate of drug-likeness (QED) is 0.229. The summed E-state index contributed by atoms with van der Waals surface area (Å²) in [5.74, 6) is -2.93. The molecule has 1 spiro atoms. The summed E-state index contributed by atoms with van der Waals surface area (Å²) in [6.45, 7) is 4.06. The zero-order valence-electron chi connectivity index (χ0n) is 24.4. The lowest BCUT2D eigenvalue weighted by atomic mass is 9.97. The molecule has 3 heterocycles. The van der Waals surface area contributed by atoms with Gasteiger partial charge in [0.15, 0.2) is 0 Å². The highest BCUT2D eigenvalue weighted by Crippen LogP contribution is 2.56. The van der Waals surface area contributed by atoms with Crippen LogP contribution in [0, 0.1) is 5.82 Å². The molecular weight excluding hydrogens is 608 g/mol. The minimum Gasteiger partial charge on any atom is -0.475 e. The van der Waals surface area contributed by atoms with Crippen molar-refractivity contribution in [1.29, 1.82) is 0 Å². The topological polar surface area (TPSA) is 117 Å². The van der Waals surface area contributed by atoms with Gasteiger partial charge < -0.3 is 19.9 Å². The number of benzene rings is 3. The largest absolute Gasteiger partial charge is 0.490 e. The van der Waals surface area contributed by atoms with Crippen LogP contribution in [0.15, 0.2) is 60.7 Å². The van der Waals surface area contributed by atoms with Crippen molar-refractivity contribution in [2.24, 2.45) is 0 Å². The van der Waals surface area contributed by atoms with E-state index < -0.39 is 17.6 Å². The third-order valence-corrected chi connectivity index (χ3v) is 8.32. The molecule has 0 unspecified atom stereocenters. The van der Waals surface area contributed by atoms with Crippen molar-refractivity contribution in [1.82, 2.24) is 15.1 Å². The number of carboxylic acids is 1. The monoisotopic (exact) mass is 638 g/mol. The molecule has 3 aromatic carbocycles. The van der Waals surface area contributed by atoms with Crippen LogP contribution in [-0.4, -0.2) is 70.7 Å². The van der Waals surface area contributed by atoms with Crippen LogP contribution >= 0.6 is 0 Å². The zero-order valence-corrected chi connectivity index (χ0v) is 24.4. The van der Waals surface area contributed by atoms with Crippen molar-refractivity contribution in [3.63, 3.8) is 0 Å². The number of halogens is 4. The predicted octanol–water partition coefficient (Wildman–Crippen LogP) is 5.52. The number of aliphatic carboxylic acids is 1. The van der Waals surface area contributed by atoms with E-state index in [0.29, 0.717) is 38.3 Å². The Labute approximate surface area is 260 Å². The third-order valence-electron chi connectivity index (χ3n) is 8.32. The summed E-state index contributed by atoms with van der Waals surface area (Å²) >= 11 is 0. The smallest absolute Gasteiger partial charge is 0.475 e. The standard InChI is InChI=1S/C31H29FN4O3.C2HF3O2/c32-25-15-20(5-8-22(25)18-36-11-13-38-14-12-36)7-10-26-23-9-6-21(16-28(23)35-34-26)19-39-29-17-31(29)24-3-1-2-4-27(24)33-30(31)37;3-2(4,5)1(6)7/h1-10,15-16,29H,11-14,17-19H2,(H,33,37)(H,34,35);(H,6,7)/b10-7+;/t29-,31+;/m0./s1. The van der Waals surface area contributed by atoms with Gasteiger partial charge in [-0.1, -0.05) is 48.5 Å². The lowest BCUT2D eigenvalue weighted by molar-refractivity contribution is -0.192. The maximum atomic E-state index is 14.7. The number of carboxylic acid groups (broad SMARTS) is 1. The number of anilines is 1. The number of aromatic amines is 1. The van der Waals surface area contributed by atoms with Crippen molar-refractivity contribution < 1.29 is 41.7 Å². The molecule has 13 heteroatoms. The number of alkyl halides is 3. The molecule has 3 N–H and O–H groups in total. The predicted molar refractivity (Wildman–Crippen MR) is 161 cm³/mol. The number of hydrogen-bond acceptors (Lipinski definition) is 6. The zero-order chi connectivity index (χ0) is 32.5. The fourth-order valence-electron chi connectivity index (χ4n) is 5.77. The normalized spacial score (nSPS) is 20.9. The first-order valence-corrected chi connectivity index (χ1v) is 14.6. The van der Waals surface area contributed by atoms with E-state index in [1.165, 1.54) is 0 Å². The van der Waals surface area contributed by atoms with Crippen molar-refractivity contribution in [3.8, 4) is 0 Å². The van der Waals surface area contributed by atoms with Crippen LogP contribution in [0.1, 0.15) is 34.4 Å². The molecule has 3 aliphatic rings. The number of ether oxygens (including phenoxy) is 2. The highest BCUT2D eigenvalue weighted by molar-refractivity contribution is 6.09. The first-order chi connectivity index (χ1) is 22.0. The van der Waals surface area contributed by atoms with Crippen LogP contribution < -0.4 is 5.32 Å². The molecule has 2 aliphatic heterocycles. The molecular formula is C33H30F4N4O5. The number of morpholine rings is 1. The average molecular weight is 639 g/mol. The summed E-state index contributed by atoms with van der Waals surface area (Å²) < 4.78 is 58.0. The number of carbonyl (C=O) groups excluding carboxylic acids is 1. The van der Waals surface area contributed by atoms with E-state index in [-0.39, 0.29) is 17.8 Å². The highest BCUT2D eigenvalue weighted by atomic mass is 19.4. The number of aromatic nitrogens is 2. The number of nitrogens with one attached hydrogen (secondary N) is 2. The SMILES string of the molecule is O=C(O)C(F)(F)F.O=C1Nc2ccccc2[C@@]12C[C@@H]2OCc1ccc2c(/C=C/c3ccc(CN4CCOCC4)c(F)c3)n[nH]c2c1. The first kappa shape index (κ1) is 31.4. The van der Waals surface area contributed by atoms with E-state index in [4.69, 9.17) is 19.4 Å². The van der Waals surface area contributed by atoms with Crippen LogP contribution in [0.5, 0.6) is 0 Å².